The summed E-state index contributed by atoms with van der Waals surface area (Å²) in [5.41, 5.74) is 0. The summed E-state index contributed by atoms with van der Waals surface area (Å²) in [6.45, 7) is 6.54. The van der Waals surface area contributed by atoms with Gasteiger partial charge in [0.1, 0.15) is 0 Å². The number of nitrogens with one attached hydrogen (secondary N) is 1. The van der Waals surface area contributed by atoms with Crippen LogP contribution in [-0.4, -0.2) is 45.1 Å². The van der Waals surface area contributed by atoms with Crippen molar-refractivity contribution in [3.05, 3.63) is 0 Å². The molecule has 1 heterocycles. The molecule has 0 aliphatic carbocycles. The minimum atomic E-state index is -3.43. The van der Waals surface area contributed by atoms with E-state index in [1.165, 1.54) is 0 Å². The average Bonchev–Trinajstić information content (AvgIpc) is 2.19. The zero-order valence-corrected chi connectivity index (χ0v) is 10.3. The van der Waals surface area contributed by atoms with Crippen molar-refractivity contribution >= 4 is 9.84 Å². The van der Waals surface area contributed by atoms with Crippen molar-refractivity contribution in [3.63, 3.8) is 0 Å². The van der Waals surface area contributed by atoms with Gasteiger partial charge in [-0.3, -0.25) is 0 Å². The molecule has 0 aromatic rings. The summed E-state index contributed by atoms with van der Waals surface area (Å²) in [5, 5.41) is 0.990. The summed E-state index contributed by atoms with van der Waals surface area (Å²) in [7, 11) is -3.43. The second-order valence-electron chi connectivity index (χ2n) is 3.74. The van der Waals surface area contributed by atoms with Crippen LogP contribution in [0.2, 0.25) is 0 Å². The van der Waals surface area contributed by atoms with E-state index in [1.807, 2.05) is 0 Å². The van der Waals surface area contributed by atoms with Gasteiger partial charge in [-0.05, 0) is 20.8 Å². The van der Waals surface area contributed by atoms with Gasteiger partial charge in [0.2, 0.25) is 9.84 Å². The summed E-state index contributed by atoms with van der Waals surface area (Å²) in [6, 6.07) is 0. The van der Waals surface area contributed by atoms with Gasteiger partial charge in [0.15, 0.2) is 0 Å². The number of sulfone groups is 1. The van der Waals surface area contributed by atoms with E-state index in [-0.39, 0.29) is 6.54 Å². The molecule has 1 aliphatic rings. The average molecular weight is 237 g/mol. The molecule has 1 atom stereocenters. The molecule has 1 fully saturated rings. The van der Waals surface area contributed by atoms with Crippen molar-refractivity contribution in [1.82, 2.24) is 5.32 Å². The Balaban J connectivity index is 2.99. The van der Waals surface area contributed by atoms with Crippen LogP contribution in [0.15, 0.2) is 0 Å². The van der Waals surface area contributed by atoms with Crippen LogP contribution < -0.4 is 5.32 Å². The lowest BCUT2D eigenvalue weighted by molar-refractivity contribution is -0.185. The largest absolute Gasteiger partial charge is 0.337 e. The highest BCUT2D eigenvalue weighted by Crippen LogP contribution is 2.26. The van der Waals surface area contributed by atoms with Gasteiger partial charge in [-0.2, -0.15) is 0 Å². The predicted octanol–water partition coefficient (Wildman–Crippen LogP) is 0.120. The van der Waals surface area contributed by atoms with Crippen LogP contribution in [0.3, 0.4) is 0 Å². The number of rotatable bonds is 4. The molecule has 0 saturated carbocycles. The Labute approximate surface area is 91.1 Å². The summed E-state index contributed by atoms with van der Waals surface area (Å²) in [6.07, 6.45) is 0. The first-order chi connectivity index (χ1) is 6.96. The smallest absolute Gasteiger partial charge is 0.287 e. The standard InChI is InChI=1S/C9H19NO4S/c1-4-13-9(7-10-5-6-14-9)15(11,12)8(2)3/h8,10H,4-7H2,1-3H3. The van der Waals surface area contributed by atoms with E-state index in [0.717, 1.165) is 0 Å². The molecule has 15 heavy (non-hydrogen) atoms. The van der Waals surface area contributed by atoms with E-state index in [9.17, 15) is 8.42 Å². The first kappa shape index (κ1) is 12.9. The molecule has 5 nitrogen and oxygen atoms in total. The molecule has 0 bridgehead atoms. The maximum absolute atomic E-state index is 12.1. The Morgan fingerprint density at radius 3 is 2.60 bits per heavy atom. The lowest BCUT2D eigenvalue weighted by Gasteiger charge is -2.37. The van der Waals surface area contributed by atoms with Crippen molar-refractivity contribution in [3.8, 4) is 0 Å². The number of morpholine rings is 1. The lowest BCUT2D eigenvalue weighted by Crippen LogP contribution is -2.58. The molecule has 1 aliphatic heterocycles. The zero-order chi connectivity index (χ0) is 11.5. The van der Waals surface area contributed by atoms with Crippen molar-refractivity contribution in [2.75, 3.05) is 26.3 Å². The molecule has 0 radical (unpaired) electrons. The van der Waals surface area contributed by atoms with Crippen LogP contribution in [0.5, 0.6) is 0 Å². The molecule has 1 saturated heterocycles. The molecular formula is C9H19NO4S. The lowest BCUT2D eigenvalue weighted by atomic mass is 10.5. The van der Waals surface area contributed by atoms with E-state index in [0.29, 0.717) is 19.8 Å². The molecular weight excluding hydrogens is 218 g/mol. The minimum Gasteiger partial charge on any atom is -0.337 e. The molecule has 1 unspecified atom stereocenters. The highest BCUT2D eigenvalue weighted by molar-refractivity contribution is 7.93. The predicted molar refractivity (Wildman–Crippen MR) is 57.2 cm³/mol. The Hall–Kier alpha value is -0.170. The van der Waals surface area contributed by atoms with Crippen molar-refractivity contribution in [2.45, 2.75) is 31.1 Å². The molecule has 1 N–H and O–H groups in total. The minimum absolute atomic E-state index is 0.196. The molecule has 0 aromatic carbocycles. The Morgan fingerprint density at radius 1 is 1.53 bits per heavy atom. The normalized spacial score (nSPS) is 28.3. The molecule has 0 spiro atoms. The second kappa shape index (κ2) is 4.78. The highest BCUT2D eigenvalue weighted by atomic mass is 32.2. The van der Waals surface area contributed by atoms with Gasteiger partial charge in [0, 0.05) is 13.2 Å². The van der Waals surface area contributed by atoms with Gasteiger partial charge in [0.25, 0.3) is 5.12 Å². The van der Waals surface area contributed by atoms with Crippen LogP contribution in [-0.2, 0) is 19.3 Å². The Bertz CT molecular complexity index is 288. The van der Waals surface area contributed by atoms with E-state index in [4.69, 9.17) is 9.47 Å². The second-order valence-corrected chi connectivity index (χ2v) is 6.39. The first-order valence-corrected chi connectivity index (χ1v) is 6.73. The third-order valence-electron chi connectivity index (χ3n) is 2.36. The fourth-order valence-electron chi connectivity index (χ4n) is 1.51. The van der Waals surface area contributed by atoms with Crippen molar-refractivity contribution < 1.29 is 17.9 Å². The van der Waals surface area contributed by atoms with Gasteiger partial charge in [-0.25, -0.2) is 8.42 Å². The molecule has 1 rings (SSSR count). The van der Waals surface area contributed by atoms with E-state index in [2.05, 4.69) is 5.32 Å². The molecule has 0 aromatic heterocycles. The summed E-state index contributed by atoms with van der Waals surface area (Å²) >= 11 is 0. The van der Waals surface area contributed by atoms with Gasteiger partial charge >= 0.3 is 0 Å². The Kier molecular flexibility index (Phi) is 4.11. The van der Waals surface area contributed by atoms with Gasteiger partial charge in [-0.1, -0.05) is 0 Å². The van der Waals surface area contributed by atoms with E-state index in [1.54, 1.807) is 20.8 Å². The van der Waals surface area contributed by atoms with E-state index < -0.39 is 20.2 Å². The quantitative estimate of drug-likeness (QED) is 0.752. The van der Waals surface area contributed by atoms with Crippen LogP contribution in [0, 0.1) is 0 Å². The van der Waals surface area contributed by atoms with Crippen molar-refractivity contribution in [1.29, 1.82) is 0 Å². The maximum atomic E-state index is 12.1. The van der Waals surface area contributed by atoms with Gasteiger partial charge < -0.3 is 14.8 Å². The summed E-state index contributed by atoms with van der Waals surface area (Å²) < 4.78 is 34.9. The zero-order valence-electron chi connectivity index (χ0n) is 9.45. The summed E-state index contributed by atoms with van der Waals surface area (Å²) in [4.78, 5) is 0. The number of hydrogen-bond acceptors (Lipinski definition) is 5. The van der Waals surface area contributed by atoms with Crippen LogP contribution in [0.1, 0.15) is 20.8 Å². The SMILES string of the molecule is CCOC1(S(=O)(=O)C(C)C)CNCCO1. The first-order valence-electron chi connectivity index (χ1n) is 5.18. The van der Waals surface area contributed by atoms with Crippen molar-refractivity contribution in [2.24, 2.45) is 0 Å². The van der Waals surface area contributed by atoms with Gasteiger partial charge in [0.05, 0.1) is 18.4 Å². The number of ether oxygens (including phenoxy) is 2. The molecule has 90 valence electrons. The van der Waals surface area contributed by atoms with Gasteiger partial charge in [-0.15, -0.1) is 0 Å². The molecule has 0 amide bonds. The Morgan fingerprint density at radius 2 is 2.20 bits per heavy atom. The third-order valence-corrected chi connectivity index (χ3v) is 4.85. The molecule has 6 heteroatoms. The van der Waals surface area contributed by atoms with Crippen LogP contribution in [0.25, 0.3) is 0 Å². The fraction of sp³-hybridized carbons (Fsp3) is 1.00. The summed E-state index contributed by atoms with van der Waals surface area (Å²) in [5.74, 6) is 0. The fourth-order valence-corrected chi connectivity index (χ4v) is 3.06. The number of hydrogen-bond donors (Lipinski definition) is 1. The topological polar surface area (TPSA) is 64.6 Å². The van der Waals surface area contributed by atoms with E-state index >= 15 is 0 Å². The third kappa shape index (κ3) is 2.33. The van der Waals surface area contributed by atoms with Crippen LogP contribution in [0.4, 0.5) is 0 Å². The monoisotopic (exact) mass is 237 g/mol. The highest BCUT2D eigenvalue weighted by Gasteiger charge is 2.49. The van der Waals surface area contributed by atoms with Crippen LogP contribution >= 0.6 is 0 Å². The maximum Gasteiger partial charge on any atom is 0.287 e.